The second-order valence-corrected chi connectivity index (χ2v) is 12.0. The monoisotopic (exact) mass is 866 g/mol. The van der Waals surface area contributed by atoms with E-state index in [9.17, 15) is 20.4 Å². The molecule has 0 aliphatic carbocycles. The molecular weight excluding hydrogens is 828 g/mol. The molecule has 2 aromatic heterocycles. The maximum atomic E-state index is 11.9. The van der Waals surface area contributed by atoms with Crippen molar-refractivity contribution in [2.24, 2.45) is 20.4 Å². The van der Waals surface area contributed by atoms with Crippen molar-refractivity contribution in [3.63, 3.8) is 0 Å². The van der Waals surface area contributed by atoms with E-state index in [1.54, 1.807) is 111 Å². The van der Waals surface area contributed by atoms with Crippen molar-refractivity contribution in [3.8, 4) is 0 Å². The van der Waals surface area contributed by atoms with E-state index in [-0.39, 0.29) is 45.7 Å². The van der Waals surface area contributed by atoms with Crippen LogP contribution in [0.4, 0.5) is 0 Å². The van der Waals surface area contributed by atoms with E-state index in [4.69, 9.17) is 0 Å². The minimum Gasteiger partial charge on any atom is -0.872 e. The fourth-order valence-corrected chi connectivity index (χ4v) is 4.72. The summed E-state index contributed by atoms with van der Waals surface area (Å²) >= 11 is 0. The topological polar surface area (TPSA) is 167 Å². The van der Waals surface area contributed by atoms with Crippen LogP contribution in [0.1, 0.15) is 47.2 Å². The van der Waals surface area contributed by atoms with Crippen molar-refractivity contribution in [3.05, 3.63) is 216 Å². The summed E-state index contributed by atoms with van der Waals surface area (Å²) in [5, 5.41) is 62.1. The van der Waals surface area contributed by atoms with Gasteiger partial charge >= 0.3 is 34.1 Å². The van der Waals surface area contributed by atoms with Gasteiger partial charge in [0.15, 0.2) is 0 Å². The largest absolute Gasteiger partial charge is 2.00 e. The van der Waals surface area contributed by atoms with E-state index in [1.807, 2.05) is 49.1 Å². The van der Waals surface area contributed by atoms with Crippen molar-refractivity contribution in [1.82, 2.24) is 9.97 Å². The van der Waals surface area contributed by atoms with Crippen LogP contribution >= 0.6 is 0 Å². The summed E-state index contributed by atoms with van der Waals surface area (Å²) in [4.78, 5) is 7.98. The molecule has 0 bridgehead atoms. The maximum absolute atomic E-state index is 11.9. The summed E-state index contributed by atoms with van der Waals surface area (Å²) in [6.45, 7) is 3.26. The molecule has 0 unspecified atom stereocenters. The zero-order valence-corrected chi connectivity index (χ0v) is 33.5. The Morgan fingerprint density at radius 3 is 0.983 bits per heavy atom. The molecule has 2 heterocycles. The first-order valence-electron chi connectivity index (χ1n) is 17.6. The van der Waals surface area contributed by atoms with Crippen molar-refractivity contribution in [2.45, 2.75) is 26.7 Å². The molecular formula is C46H40Cu2N6O4. The first-order chi connectivity index (χ1) is 27.3. The molecule has 12 heteroatoms. The Morgan fingerprint density at radius 1 is 0.414 bits per heavy atom. The Morgan fingerprint density at radius 2 is 0.690 bits per heavy atom. The zero-order valence-electron chi connectivity index (χ0n) is 31.7. The predicted octanol–water partition coefficient (Wildman–Crippen LogP) is 5.40. The summed E-state index contributed by atoms with van der Waals surface area (Å²) in [6.07, 6.45) is 12.2. The minimum atomic E-state index is -0.435. The molecule has 58 heavy (non-hydrogen) atoms. The number of allylic oxidation sites excluding steroid dienone is 2. The van der Waals surface area contributed by atoms with Crippen molar-refractivity contribution < 1.29 is 54.6 Å². The van der Waals surface area contributed by atoms with Crippen molar-refractivity contribution >= 4 is 34.7 Å². The molecule has 0 amide bonds. The molecule has 0 atom stereocenters. The average molecular weight is 868 g/mol. The van der Waals surface area contributed by atoms with E-state index < -0.39 is 11.8 Å². The number of nitrogens with zero attached hydrogens (tertiary/aromatic N) is 6. The van der Waals surface area contributed by atoms with Gasteiger partial charge < -0.3 is 20.4 Å². The summed E-state index contributed by atoms with van der Waals surface area (Å²) in [6, 6.07) is 43.2. The van der Waals surface area contributed by atoms with E-state index in [1.165, 1.54) is 23.3 Å². The number of rotatable bonds is 11. The molecule has 2 radical (unpaired) electrons. The van der Waals surface area contributed by atoms with Gasteiger partial charge in [0, 0.05) is 36.6 Å². The van der Waals surface area contributed by atoms with Crippen LogP contribution in [-0.2, 0) is 47.0 Å². The molecule has 10 nitrogen and oxygen atoms in total. The summed E-state index contributed by atoms with van der Waals surface area (Å²) in [5.41, 5.74) is 5.49. The molecule has 0 saturated heterocycles. The van der Waals surface area contributed by atoms with Gasteiger partial charge in [0.2, 0.25) is 0 Å². The Kier molecular flexibility index (Phi) is 22.4. The zero-order chi connectivity index (χ0) is 39.8. The molecule has 4 aromatic carbocycles. The third-order valence-electron chi connectivity index (χ3n) is 7.64. The first kappa shape index (κ1) is 47.7. The van der Waals surface area contributed by atoms with E-state index >= 15 is 0 Å². The minimum absolute atomic E-state index is 0. The number of pyridine rings is 2. The summed E-state index contributed by atoms with van der Waals surface area (Å²) in [5.74, 6) is -1.20. The molecule has 0 saturated carbocycles. The second kappa shape index (κ2) is 27.2. The predicted molar refractivity (Wildman–Crippen MR) is 217 cm³/mol. The van der Waals surface area contributed by atoms with Crippen LogP contribution in [0.3, 0.4) is 0 Å². The fraction of sp³-hybridized carbons (Fsp3) is 0.0870. The van der Waals surface area contributed by atoms with Gasteiger partial charge in [-0.1, -0.05) is 133 Å². The number of aryl methyl sites for hydroxylation is 2. The molecule has 6 aromatic rings. The Labute approximate surface area is 360 Å². The molecule has 0 fully saturated rings. The van der Waals surface area contributed by atoms with Gasteiger partial charge in [0.1, 0.15) is 0 Å². The summed E-state index contributed by atoms with van der Waals surface area (Å²) < 4.78 is 0. The number of benzene rings is 4. The molecule has 0 aliphatic rings. The van der Waals surface area contributed by atoms with Gasteiger partial charge in [-0.2, -0.15) is 20.4 Å². The Balaban J connectivity index is 0.000000301. The van der Waals surface area contributed by atoms with Gasteiger partial charge in [-0.3, -0.25) is 9.97 Å². The second-order valence-electron chi connectivity index (χ2n) is 12.0. The molecule has 0 aliphatic heterocycles. The molecule has 6 rings (SSSR count). The van der Waals surface area contributed by atoms with Gasteiger partial charge in [0.05, 0.1) is 11.4 Å². The number of hydrogen-bond donors (Lipinski definition) is 0. The van der Waals surface area contributed by atoms with Gasteiger partial charge in [0.25, 0.3) is 0 Å². The van der Waals surface area contributed by atoms with Crippen LogP contribution < -0.4 is 20.4 Å². The van der Waals surface area contributed by atoms with Gasteiger partial charge in [-0.15, -0.1) is 0 Å². The Hall–Kier alpha value is -6.42. The first-order valence-corrected chi connectivity index (χ1v) is 17.6. The van der Waals surface area contributed by atoms with Crippen LogP contribution in [0.15, 0.2) is 203 Å². The van der Waals surface area contributed by atoms with Crippen molar-refractivity contribution in [1.29, 1.82) is 0 Å². The maximum Gasteiger partial charge on any atom is 2.00 e. The standard InChI is InChI=1S/2C17H16N2O2.C12H12N2.2Cu/c2*1-13(12-16(20)14-8-4-2-5-9-14)18-19-17(21)15-10-6-3-7-11-15;1(11-3-7-13-8-4-11)2-12-5-9-14-10-6-12;;/h2*2-12,20H,1H3,(H,19,21);3-10H,1-2H2;;/q;;;2*+2/p-4/b2*16-12-,18-13+;;;. The Bertz CT molecular complexity index is 2080. The average Bonchev–Trinajstić information content (AvgIpc) is 3.26. The molecule has 0 N–H and O–H groups in total. The van der Waals surface area contributed by atoms with Crippen LogP contribution in [0.25, 0.3) is 11.5 Å². The summed E-state index contributed by atoms with van der Waals surface area (Å²) in [7, 11) is 0. The van der Waals surface area contributed by atoms with E-state index in [0.29, 0.717) is 33.7 Å². The van der Waals surface area contributed by atoms with Crippen LogP contribution in [0, 0.1) is 0 Å². The van der Waals surface area contributed by atoms with Crippen LogP contribution in [0.5, 0.6) is 0 Å². The van der Waals surface area contributed by atoms with Crippen LogP contribution in [-0.4, -0.2) is 33.2 Å². The third-order valence-corrected chi connectivity index (χ3v) is 7.64. The third kappa shape index (κ3) is 18.0. The normalized spacial score (nSPS) is 12.0. The van der Waals surface area contributed by atoms with E-state index in [0.717, 1.165) is 12.8 Å². The van der Waals surface area contributed by atoms with Crippen LogP contribution in [0.2, 0.25) is 0 Å². The SMILES string of the molecule is CC(/C=C(\[O-])c1ccccc1)=N\N=C(/[O-])c1ccccc1.CC(/C=C(\[O-])c1ccccc1)=N\N=C(/[O-])c1ccccc1.[Cu+2].[Cu+2].c1cc(CCc2ccncc2)ccn1. The fourth-order valence-electron chi connectivity index (χ4n) is 4.72. The quantitative estimate of drug-likeness (QED) is 0.0556. The smallest absolute Gasteiger partial charge is 0.872 e. The van der Waals surface area contributed by atoms with Gasteiger partial charge in [-0.25, -0.2) is 0 Å². The van der Waals surface area contributed by atoms with E-state index in [2.05, 4.69) is 54.6 Å². The molecule has 300 valence electrons. The number of aromatic nitrogens is 2. The van der Waals surface area contributed by atoms with Gasteiger partial charge in [-0.05, 0) is 96.5 Å². The van der Waals surface area contributed by atoms with Crippen molar-refractivity contribution in [2.75, 3.05) is 0 Å². The number of hydrogen-bond acceptors (Lipinski definition) is 10. The molecule has 0 spiro atoms.